The Hall–Kier alpha value is -1.19. The molecule has 0 aliphatic carbocycles. The number of nitrogens with one attached hydrogen (secondary N) is 2. The smallest absolute Gasteiger partial charge is 0.251 e. The Labute approximate surface area is 184 Å². The maximum atomic E-state index is 12.7. The van der Waals surface area contributed by atoms with Crippen molar-refractivity contribution in [3.8, 4) is 0 Å². The number of hydrogen-bond donors (Lipinski definition) is 2. The summed E-state index contributed by atoms with van der Waals surface area (Å²) in [5.74, 6) is -0.313. The molecule has 1 atom stereocenters. The Bertz CT molecular complexity index is 848. The Morgan fingerprint density at radius 2 is 1.97 bits per heavy atom. The number of ether oxygens (including phenoxy) is 1. The van der Waals surface area contributed by atoms with Gasteiger partial charge in [0.05, 0.1) is 11.1 Å². The minimum absolute atomic E-state index is 0.0834. The monoisotopic (exact) mass is 457 g/mol. The zero-order chi connectivity index (χ0) is 21.8. The Balaban J connectivity index is 1.65. The minimum Gasteiger partial charge on any atom is -0.377 e. The molecule has 0 bridgehead atoms. The first-order valence-electron chi connectivity index (χ1n) is 10.6. The summed E-state index contributed by atoms with van der Waals surface area (Å²) in [5.41, 5.74) is 0.103. The predicted octanol–water partition coefficient (Wildman–Crippen LogP) is 2.79. The van der Waals surface area contributed by atoms with Crippen LogP contribution in [0.4, 0.5) is 0 Å². The summed E-state index contributed by atoms with van der Waals surface area (Å²) in [7, 11) is -3.85. The summed E-state index contributed by atoms with van der Waals surface area (Å²) in [6.07, 6.45) is 5.23. The number of benzene rings is 1. The number of sulfonamides is 1. The van der Waals surface area contributed by atoms with Gasteiger partial charge in [0.1, 0.15) is 4.90 Å². The molecule has 1 unspecified atom stereocenters. The van der Waals surface area contributed by atoms with E-state index in [-0.39, 0.29) is 39.6 Å². The lowest BCUT2D eigenvalue weighted by molar-refractivity contribution is 0.0797. The lowest BCUT2D eigenvalue weighted by atomic mass is 9.98. The van der Waals surface area contributed by atoms with E-state index in [1.54, 1.807) is 6.07 Å². The molecule has 0 aromatic heterocycles. The van der Waals surface area contributed by atoms with Gasteiger partial charge >= 0.3 is 0 Å². The highest BCUT2D eigenvalue weighted by atomic mass is 35.5. The largest absolute Gasteiger partial charge is 0.377 e. The lowest BCUT2D eigenvalue weighted by Gasteiger charge is -2.41. The van der Waals surface area contributed by atoms with Crippen molar-refractivity contribution in [2.24, 2.45) is 0 Å². The van der Waals surface area contributed by atoms with E-state index in [4.69, 9.17) is 16.3 Å². The number of amides is 1. The molecule has 30 heavy (non-hydrogen) atoms. The molecular weight excluding hydrogens is 426 g/mol. The van der Waals surface area contributed by atoms with Gasteiger partial charge in [-0.3, -0.25) is 9.69 Å². The summed E-state index contributed by atoms with van der Waals surface area (Å²) < 4.78 is 33.4. The second-order valence-electron chi connectivity index (χ2n) is 8.67. The van der Waals surface area contributed by atoms with Crippen LogP contribution in [0.3, 0.4) is 0 Å². The highest BCUT2D eigenvalue weighted by Crippen LogP contribution is 2.24. The van der Waals surface area contributed by atoms with Gasteiger partial charge in [0, 0.05) is 30.8 Å². The third-order valence-corrected chi connectivity index (χ3v) is 7.81. The summed E-state index contributed by atoms with van der Waals surface area (Å²) >= 11 is 6.14. The van der Waals surface area contributed by atoms with Crippen LogP contribution >= 0.6 is 11.6 Å². The van der Waals surface area contributed by atoms with Crippen molar-refractivity contribution >= 4 is 27.5 Å². The van der Waals surface area contributed by atoms with Gasteiger partial charge in [0.25, 0.3) is 5.91 Å². The number of likely N-dealkylation sites (tertiary alicyclic amines) is 1. The van der Waals surface area contributed by atoms with E-state index in [1.807, 2.05) is 0 Å². The van der Waals surface area contributed by atoms with Gasteiger partial charge in [0.2, 0.25) is 10.0 Å². The molecule has 2 heterocycles. The Morgan fingerprint density at radius 1 is 1.23 bits per heavy atom. The van der Waals surface area contributed by atoms with Crippen LogP contribution in [0.5, 0.6) is 0 Å². The van der Waals surface area contributed by atoms with Crippen LogP contribution in [0.25, 0.3) is 0 Å². The van der Waals surface area contributed by atoms with Gasteiger partial charge in [0.15, 0.2) is 0 Å². The molecule has 168 valence electrons. The molecule has 2 N–H and O–H groups in total. The van der Waals surface area contributed by atoms with Gasteiger partial charge in [-0.15, -0.1) is 0 Å². The van der Waals surface area contributed by atoms with Crippen LogP contribution in [0.15, 0.2) is 23.1 Å². The SMILES string of the molecule is CC(C)(CNC(=O)c1ccc(Cl)c(S(=O)(=O)NCC2CCCO2)c1)N1CCCCC1. The maximum Gasteiger partial charge on any atom is 0.251 e. The molecule has 2 aliphatic rings. The number of hydrogen-bond acceptors (Lipinski definition) is 5. The fourth-order valence-corrected chi connectivity index (χ4v) is 5.54. The highest BCUT2D eigenvalue weighted by molar-refractivity contribution is 7.89. The van der Waals surface area contributed by atoms with E-state index in [0.717, 1.165) is 25.9 Å². The average molecular weight is 458 g/mol. The second-order valence-corrected chi connectivity index (χ2v) is 10.8. The molecule has 7 nitrogen and oxygen atoms in total. The van der Waals surface area contributed by atoms with Crippen LogP contribution in [0.1, 0.15) is 56.3 Å². The summed E-state index contributed by atoms with van der Waals surface area (Å²) in [5, 5.41) is 3.04. The van der Waals surface area contributed by atoms with E-state index in [1.165, 1.54) is 31.4 Å². The molecule has 2 saturated heterocycles. The third-order valence-electron chi connectivity index (χ3n) is 5.90. The Kier molecular flexibility index (Phi) is 7.79. The number of halogens is 1. The van der Waals surface area contributed by atoms with Crippen molar-refractivity contribution < 1.29 is 17.9 Å². The van der Waals surface area contributed by atoms with Crippen LogP contribution < -0.4 is 10.0 Å². The summed E-state index contributed by atoms with van der Waals surface area (Å²) in [4.78, 5) is 15.0. The van der Waals surface area contributed by atoms with Crippen molar-refractivity contribution in [2.75, 3.05) is 32.8 Å². The van der Waals surface area contributed by atoms with Crippen molar-refractivity contribution in [1.29, 1.82) is 0 Å². The molecule has 1 aromatic carbocycles. The number of carbonyl (C=O) groups excluding carboxylic acids is 1. The standard InChI is InChI=1S/C21H32ClN3O4S/c1-21(2,25-10-4-3-5-11-25)15-23-20(26)16-8-9-18(22)19(13-16)30(27,28)24-14-17-7-6-12-29-17/h8-9,13,17,24H,3-7,10-12,14-15H2,1-2H3,(H,23,26). The Morgan fingerprint density at radius 3 is 2.63 bits per heavy atom. The fourth-order valence-electron chi connectivity index (χ4n) is 3.95. The number of piperidine rings is 1. The van der Waals surface area contributed by atoms with Crippen molar-refractivity contribution in [3.63, 3.8) is 0 Å². The molecule has 2 fully saturated rings. The molecule has 1 aromatic rings. The van der Waals surface area contributed by atoms with Crippen LogP contribution in [-0.4, -0.2) is 63.7 Å². The number of carbonyl (C=O) groups is 1. The third kappa shape index (κ3) is 5.95. The first-order valence-corrected chi connectivity index (χ1v) is 12.5. The molecule has 0 radical (unpaired) electrons. The summed E-state index contributed by atoms with van der Waals surface area (Å²) in [6.45, 7) is 7.62. The fraction of sp³-hybridized carbons (Fsp3) is 0.667. The predicted molar refractivity (Wildman–Crippen MR) is 117 cm³/mol. The van der Waals surface area contributed by atoms with E-state index in [0.29, 0.717) is 13.2 Å². The minimum atomic E-state index is -3.85. The molecule has 2 aliphatic heterocycles. The topological polar surface area (TPSA) is 87.7 Å². The van der Waals surface area contributed by atoms with Crippen LogP contribution in [0.2, 0.25) is 5.02 Å². The maximum absolute atomic E-state index is 12.7. The number of rotatable bonds is 8. The van der Waals surface area contributed by atoms with E-state index >= 15 is 0 Å². The van der Waals surface area contributed by atoms with Gasteiger partial charge in [-0.2, -0.15) is 0 Å². The highest BCUT2D eigenvalue weighted by Gasteiger charge is 2.29. The molecular formula is C21H32ClN3O4S. The molecule has 1 amide bonds. The van der Waals surface area contributed by atoms with Crippen molar-refractivity contribution in [3.05, 3.63) is 28.8 Å². The lowest BCUT2D eigenvalue weighted by Crippen LogP contribution is -2.53. The summed E-state index contributed by atoms with van der Waals surface area (Å²) in [6, 6.07) is 4.33. The zero-order valence-electron chi connectivity index (χ0n) is 17.7. The zero-order valence-corrected chi connectivity index (χ0v) is 19.3. The first-order chi connectivity index (χ1) is 14.2. The van der Waals surface area contributed by atoms with Gasteiger partial charge < -0.3 is 10.1 Å². The van der Waals surface area contributed by atoms with E-state index in [9.17, 15) is 13.2 Å². The van der Waals surface area contributed by atoms with Gasteiger partial charge in [-0.25, -0.2) is 13.1 Å². The molecule has 0 spiro atoms. The van der Waals surface area contributed by atoms with Crippen LogP contribution in [-0.2, 0) is 14.8 Å². The van der Waals surface area contributed by atoms with Gasteiger partial charge in [-0.1, -0.05) is 18.0 Å². The second kappa shape index (κ2) is 9.96. The van der Waals surface area contributed by atoms with Crippen molar-refractivity contribution in [1.82, 2.24) is 14.9 Å². The quantitative estimate of drug-likeness (QED) is 0.626. The average Bonchev–Trinajstić information content (AvgIpc) is 3.25. The van der Waals surface area contributed by atoms with E-state index in [2.05, 4.69) is 28.8 Å². The van der Waals surface area contributed by atoms with Crippen molar-refractivity contribution in [2.45, 2.75) is 62.5 Å². The normalized spacial score (nSPS) is 21.0. The molecule has 3 rings (SSSR count). The van der Waals surface area contributed by atoms with Gasteiger partial charge in [-0.05, 0) is 70.8 Å². The number of nitrogens with zero attached hydrogens (tertiary/aromatic N) is 1. The van der Waals surface area contributed by atoms with E-state index < -0.39 is 10.0 Å². The molecule has 9 heteroatoms. The molecule has 0 saturated carbocycles. The first kappa shape index (κ1) is 23.5. The van der Waals surface area contributed by atoms with Crippen LogP contribution in [0, 0.1) is 0 Å².